The van der Waals surface area contributed by atoms with Crippen molar-refractivity contribution in [1.29, 1.82) is 0 Å². The van der Waals surface area contributed by atoms with E-state index in [0.717, 1.165) is 37.8 Å². The monoisotopic (exact) mass is 253 g/mol. The van der Waals surface area contributed by atoms with Crippen molar-refractivity contribution in [3.05, 3.63) is 35.4 Å². The zero-order chi connectivity index (χ0) is 13.0. The number of rotatable bonds is 3. The Labute approximate surface area is 105 Å². The largest absolute Gasteiger partial charge is 0.352 e. The van der Waals surface area contributed by atoms with Gasteiger partial charge in [-0.05, 0) is 30.5 Å². The van der Waals surface area contributed by atoms with Gasteiger partial charge in [-0.2, -0.15) is 0 Å². The van der Waals surface area contributed by atoms with Gasteiger partial charge in [-0.25, -0.2) is 8.78 Å². The molecule has 0 atom stereocenters. The van der Waals surface area contributed by atoms with E-state index in [1.54, 1.807) is 0 Å². The lowest BCUT2D eigenvalue weighted by Crippen LogP contribution is -2.31. The molecular weight excluding hydrogens is 236 g/mol. The maximum absolute atomic E-state index is 13.0. The van der Waals surface area contributed by atoms with E-state index in [2.05, 4.69) is 5.32 Å². The van der Waals surface area contributed by atoms with Crippen LogP contribution in [0.25, 0.3) is 0 Å². The third-order valence-corrected chi connectivity index (χ3v) is 3.43. The van der Waals surface area contributed by atoms with Gasteiger partial charge in [-0.1, -0.05) is 25.3 Å². The molecule has 0 aliphatic heterocycles. The predicted molar refractivity (Wildman–Crippen MR) is 64.8 cm³/mol. The van der Waals surface area contributed by atoms with Crippen LogP contribution in [0.2, 0.25) is 0 Å². The second kappa shape index (κ2) is 5.94. The Balaban J connectivity index is 1.86. The van der Waals surface area contributed by atoms with Crippen LogP contribution < -0.4 is 5.32 Å². The highest BCUT2D eigenvalue weighted by molar-refractivity contribution is 5.78. The summed E-state index contributed by atoms with van der Waals surface area (Å²) in [4.78, 5) is 11.8. The van der Waals surface area contributed by atoms with Crippen LogP contribution in [-0.4, -0.2) is 5.91 Å². The van der Waals surface area contributed by atoms with Gasteiger partial charge in [0.2, 0.25) is 5.91 Å². The molecule has 0 radical (unpaired) electrons. The first-order valence-electron chi connectivity index (χ1n) is 6.38. The number of nitrogens with one attached hydrogen (secondary N) is 1. The third kappa shape index (κ3) is 3.28. The maximum Gasteiger partial charge on any atom is 0.223 e. The van der Waals surface area contributed by atoms with E-state index in [4.69, 9.17) is 0 Å². The molecular formula is C14H17F2NO. The minimum Gasteiger partial charge on any atom is -0.352 e. The Morgan fingerprint density at radius 1 is 1.17 bits per heavy atom. The summed E-state index contributed by atoms with van der Waals surface area (Å²) < 4.78 is 25.7. The number of amides is 1. The summed E-state index contributed by atoms with van der Waals surface area (Å²) in [6.07, 6.45) is 5.27. The molecule has 18 heavy (non-hydrogen) atoms. The Bertz CT molecular complexity index is 428. The number of benzene rings is 1. The van der Waals surface area contributed by atoms with Crippen LogP contribution in [0.1, 0.15) is 37.7 Å². The van der Waals surface area contributed by atoms with Crippen molar-refractivity contribution in [3.8, 4) is 0 Å². The molecule has 0 spiro atoms. The molecule has 1 aromatic rings. The number of carbonyl (C=O) groups excluding carboxylic acids is 1. The maximum atomic E-state index is 13.0. The van der Waals surface area contributed by atoms with Gasteiger partial charge in [-0.15, -0.1) is 0 Å². The molecule has 2 rings (SSSR count). The topological polar surface area (TPSA) is 29.1 Å². The Morgan fingerprint density at radius 3 is 2.56 bits per heavy atom. The van der Waals surface area contributed by atoms with E-state index in [1.165, 1.54) is 12.5 Å². The van der Waals surface area contributed by atoms with Crippen LogP contribution in [0.15, 0.2) is 18.2 Å². The molecule has 1 aliphatic carbocycles. The van der Waals surface area contributed by atoms with Gasteiger partial charge in [0.15, 0.2) is 11.6 Å². The molecule has 4 heteroatoms. The third-order valence-electron chi connectivity index (χ3n) is 3.43. The standard InChI is InChI=1S/C14H17F2NO/c15-12-7-6-10(8-13(12)16)9-17-14(18)11-4-2-1-3-5-11/h6-8,11H,1-5,9H2,(H,17,18). The quantitative estimate of drug-likeness (QED) is 0.880. The van der Waals surface area contributed by atoms with Crippen molar-refractivity contribution in [3.63, 3.8) is 0 Å². The highest BCUT2D eigenvalue weighted by Crippen LogP contribution is 2.23. The Kier molecular flexibility index (Phi) is 4.28. The minimum atomic E-state index is -0.876. The smallest absolute Gasteiger partial charge is 0.223 e. The summed E-state index contributed by atoms with van der Waals surface area (Å²) >= 11 is 0. The van der Waals surface area contributed by atoms with Crippen LogP contribution in [0.5, 0.6) is 0 Å². The summed E-state index contributed by atoms with van der Waals surface area (Å²) in [5.41, 5.74) is 0.582. The summed E-state index contributed by atoms with van der Waals surface area (Å²) in [5.74, 6) is -1.62. The van der Waals surface area contributed by atoms with Crippen molar-refractivity contribution < 1.29 is 13.6 Å². The second-order valence-electron chi connectivity index (χ2n) is 4.80. The van der Waals surface area contributed by atoms with E-state index in [0.29, 0.717) is 5.56 Å². The van der Waals surface area contributed by atoms with E-state index < -0.39 is 11.6 Å². The molecule has 1 amide bonds. The SMILES string of the molecule is O=C(NCc1ccc(F)c(F)c1)C1CCCCC1. The van der Waals surface area contributed by atoms with Gasteiger partial charge < -0.3 is 5.32 Å². The molecule has 0 bridgehead atoms. The van der Waals surface area contributed by atoms with Crippen molar-refractivity contribution >= 4 is 5.91 Å². The van der Waals surface area contributed by atoms with Gasteiger partial charge >= 0.3 is 0 Å². The first-order chi connectivity index (χ1) is 8.66. The van der Waals surface area contributed by atoms with E-state index in [-0.39, 0.29) is 18.4 Å². The Hall–Kier alpha value is -1.45. The molecule has 0 heterocycles. The molecule has 1 N–H and O–H groups in total. The molecule has 1 aromatic carbocycles. The zero-order valence-corrected chi connectivity index (χ0v) is 10.2. The highest BCUT2D eigenvalue weighted by Gasteiger charge is 2.20. The van der Waals surface area contributed by atoms with Crippen molar-refractivity contribution in [2.45, 2.75) is 38.6 Å². The average Bonchev–Trinajstić information content (AvgIpc) is 2.41. The summed E-state index contributed by atoms with van der Waals surface area (Å²) in [5, 5.41) is 2.79. The lowest BCUT2D eigenvalue weighted by atomic mass is 9.88. The fourth-order valence-corrected chi connectivity index (χ4v) is 2.35. The number of halogens is 2. The van der Waals surface area contributed by atoms with E-state index >= 15 is 0 Å². The molecule has 98 valence electrons. The highest BCUT2D eigenvalue weighted by atomic mass is 19.2. The van der Waals surface area contributed by atoms with Gasteiger partial charge in [-0.3, -0.25) is 4.79 Å². The molecule has 0 aromatic heterocycles. The molecule has 0 unspecified atom stereocenters. The summed E-state index contributed by atoms with van der Waals surface area (Å²) in [6, 6.07) is 3.69. The lowest BCUT2D eigenvalue weighted by molar-refractivity contribution is -0.126. The van der Waals surface area contributed by atoms with Crippen LogP contribution in [0, 0.1) is 17.6 Å². The van der Waals surface area contributed by atoms with Crippen LogP contribution in [0.4, 0.5) is 8.78 Å². The molecule has 0 saturated heterocycles. The fourth-order valence-electron chi connectivity index (χ4n) is 2.35. The van der Waals surface area contributed by atoms with Crippen molar-refractivity contribution in [2.24, 2.45) is 5.92 Å². The summed E-state index contributed by atoms with van der Waals surface area (Å²) in [6.45, 7) is 0.256. The first-order valence-corrected chi connectivity index (χ1v) is 6.38. The minimum absolute atomic E-state index is 0.0273. The fraction of sp³-hybridized carbons (Fsp3) is 0.500. The normalized spacial score (nSPS) is 16.6. The number of carbonyl (C=O) groups is 1. The van der Waals surface area contributed by atoms with Crippen LogP contribution >= 0.6 is 0 Å². The van der Waals surface area contributed by atoms with Gasteiger partial charge in [0.05, 0.1) is 0 Å². The zero-order valence-electron chi connectivity index (χ0n) is 10.2. The van der Waals surface area contributed by atoms with E-state index in [1.807, 2.05) is 0 Å². The van der Waals surface area contributed by atoms with Crippen LogP contribution in [0.3, 0.4) is 0 Å². The molecule has 1 fully saturated rings. The molecule has 1 aliphatic rings. The molecule has 1 saturated carbocycles. The van der Waals surface area contributed by atoms with Gasteiger partial charge in [0.1, 0.15) is 0 Å². The number of hydrogen-bond acceptors (Lipinski definition) is 1. The van der Waals surface area contributed by atoms with Gasteiger partial charge in [0.25, 0.3) is 0 Å². The van der Waals surface area contributed by atoms with Crippen LogP contribution in [-0.2, 0) is 11.3 Å². The van der Waals surface area contributed by atoms with Gasteiger partial charge in [0, 0.05) is 12.5 Å². The average molecular weight is 253 g/mol. The summed E-state index contributed by atoms with van der Waals surface area (Å²) in [7, 11) is 0. The van der Waals surface area contributed by atoms with Crippen molar-refractivity contribution in [2.75, 3.05) is 0 Å². The predicted octanol–water partition coefficient (Wildman–Crippen LogP) is 3.16. The number of hydrogen-bond donors (Lipinski definition) is 1. The first kappa shape index (κ1) is 13.0. The lowest BCUT2D eigenvalue weighted by Gasteiger charge is -2.20. The second-order valence-corrected chi connectivity index (χ2v) is 4.80. The van der Waals surface area contributed by atoms with E-state index in [9.17, 15) is 13.6 Å². The molecule has 2 nitrogen and oxygen atoms in total. The Morgan fingerprint density at radius 2 is 1.89 bits per heavy atom. The van der Waals surface area contributed by atoms with Crippen molar-refractivity contribution in [1.82, 2.24) is 5.32 Å².